The van der Waals surface area contributed by atoms with Gasteiger partial charge >= 0.3 is 0 Å². The van der Waals surface area contributed by atoms with Crippen molar-refractivity contribution in [1.82, 2.24) is 25.0 Å². The number of ether oxygens (including phenoxy) is 1. The van der Waals surface area contributed by atoms with Gasteiger partial charge in [-0.25, -0.2) is 14.6 Å². The van der Waals surface area contributed by atoms with Crippen molar-refractivity contribution >= 4 is 28.7 Å². The molecule has 2 aromatic heterocycles. The van der Waals surface area contributed by atoms with Gasteiger partial charge in [0.2, 0.25) is 0 Å². The van der Waals surface area contributed by atoms with Crippen molar-refractivity contribution in [3.63, 3.8) is 0 Å². The number of thioether (sulfide) groups is 1. The number of nitrogens with two attached hydrogens (primary N) is 1. The predicted octanol–water partition coefficient (Wildman–Crippen LogP) is -0.650. The molecular weight excluding hydrogens is 348 g/mol. The summed E-state index contributed by atoms with van der Waals surface area (Å²) < 4.78 is 59.7. The lowest BCUT2D eigenvalue weighted by Gasteiger charge is -2.17. The van der Waals surface area contributed by atoms with Crippen LogP contribution in [-0.4, -0.2) is 77.5 Å². The number of nitrogen functional groups attached to an aromatic ring is 1. The lowest BCUT2D eigenvalue weighted by atomic mass is 10.2. The Hall–Kier alpha value is -1.53. The number of hydrogen-bond acceptors (Lipinski definition) is 10. The van der Waals surface area contributed by atoms with Gasteiger partial charge in [-0.15, -0.1) is 5.10 Å². The average molecular weight is 377 g/mol. The molecule has 0 amide bonds. The molecule has 1 saturated carbocycles. The second kappa shape index (κ2) is 7.79. The molecule has 11 heteroatoms. The molecule has 25 heavy (non-hydrogen) atoms. The van der Waals surface area contributed by atoms with Crippen LogP contribution in [-0.2, 0) is 4.74 Å². The quantitative estimate of drug-likeness (QED) is 0.361. The van der Waals surface area contributed by atoms with E-state index in [4.69, 9.17) is 25.2 Å². The number of hydrogen-bond donors (Lipinski definition) is 4. The molecule has 0 spiro atoms. The van der Waals surface area contributed by atoms with Crippen LogP contribution in [0.5, 0.6) is 0 Å². The molecule has 1 aliphatic rings. The van der Waals surface area contributed by atoms with E-state index in [1.165, 1.54) is 4.68 Å². The van der Waals surface area contributed by atoms with Crippen LogP contribution in [0.4, 0.5) is 5.82 Å². The first-order valence-corrected chi connectivity index (χ1v) is 8.19. The number of nitrogens with zero attached hydrogens (tertiary/aromatic N) is 5. The van der Waals surface area contributed by atoms with Gasteiger partial charge in [0.1, 0.15) is 12.2 Å². The van der Waals surface area contributed by atoms with Crippen molar-refractivity contribution in [2.45, 2.75) is 49.2 Å². The first-order valence-electron chi connectivity index (χ1n) is 10.9. The van der Waals surface area contributed by atoms with Gasteiger partial charge in [-0.05, 0) is 6.37 Å². The molecule has 2 heterocycles. The van der Waals surface area contributed by atoms with Crippen molar-refractivity contribution in [3.05, 3.63) is 0 Å². The molecule has 0 aliphatic heterocycles. The summed E-state index contributed by atoms with van der Waals surface area (Å²) in [4.78, 5) is 7.98. The van der Waals surface area contributed by atoms with Crippen LogP contribution in [0, 0.1) is 0 Å². The zero-order valence-corrected chi connectivity index (χ0v) is 13.7. The Morgan fingerprint density at radius 3 is 3.04 bits per heavy atom. The Bertz CT molecular complexity index is 977. The highest BCUT2D eigenvalue weighted by Gasteiger charge is 2.44. The number of fused-ring (bicyclic) bond motifs is 1. The normalized spacial score (nSPS) is 32.4. The summed E-state index contributed by atoms with van der Waals surface area (Å²) in [5.41, 5.74) is 2.91. The predicted molar refractivity (Wildman–Crippen MR) is 91.0 cm³/mol. The van der Waals surface area contributed by atoms with Crippen LogP contribution in [0.1, 0.15) is 35.3 Å². The van der Waals surface area contributed by atoms with Crippen LogP contribution in [0.2, 0.25) is 0 Å². The maximum absolute atomic E-state index is 10.4. The molecule has 2 aromatic rings. The first-order chi connectivity index (χ1) is 14.7. The van der Waals surface area contributed by atoms with Crippen molar-refractivity contribution in [2.24, 2.45) is 0 Å². The largest absolute Gasteiger partial charge is 0.394 e. The number of aliphatic hydroxyl groups is 3. The Balaban J connectivity index is 1.96. The number of rotatable bonds is 7. The highest BCUT2D eigenvalue weighted by molar-refractivity contribution is 7.99. The summed E-state index contributed by atoms with van der Waals surface area (Å²) in [5.74, 6) is -0.213. The fraction of sp³-hybridized carbons (Fsp3) is 0.714. The Labute approximate surface area is 158 Å². The van der Waals surface area contributed by atoms with Crippen LogP contribution >= 0.6 is 11.8 Å². The summed E-state index contributed by atoms with van der Waals surface area (Å²) >= 11 is 0.139. The van der Waals surface area contributed by atoms with Gasteiger partial charge in [-0.3, -0.25) is 0 Å². The highest BCUT2D eigenvalue weighted by atomic mass is 32.2. The van der Waals surface area contributed by atoms with Gasteiger partial charge in [0.25, 0.3) is 0 Å². The molecule has 4 atom stereocenters. The summed E-state index contributed by atoms with van der Waals surface area (Å²) in [6.45, 7) is -3.57. The molecular formula is C14H22N6O4S. The van der Waals surface area contributed by atoms with E-state index in [1.54, 1.807) is 0 Å². The van der Waals surface area contributed by atoms with Crippen molar-refractivity contribution in [3.8, 4) is 0 Å². The Morgan fingerprint density at radius 1 is 1.44 bits per heavy atom. The maximum Gasteiger partial charge on any atom is 0.191 e. The minimum atomic E-state index is -3.25. The van der Waals surface area contributed by atoms with E-state index in [2.05, 4.69) is 20.3 Å². The fourth-order valence-electron chi connectivity index (χ4n) is 2.75. The van der Waals surface area contributed by atoms with Gasteiger partial charge in [-0.2, -0.15) is 0 Å². The third-order valence-corrected chi connectivity index (χ3v) is 4.43. The lowest BCUT2D eigenvalue weighted by molar-refractivity contribution is -0.0629. The van der Waals surface area contributed by atoms with E-state index in [0.29, 0.717) is 0 Å². The maximum atomic E-state index is 10.4. The van der Waals surface area contributed by atoms with E-state index in [1.807, 2.05) is 0 Å². The monoisotopic (exact) mass is 377 g/mol. The number of anilines is 1. The Morgan fingerprint density at radius 2 is 2.28 bits per heavy atom. The molecule has 5 N–H and O–H groups in total. The fourth-order valence-corrected chi connectivity index (χ4v) is 3.17. The number of aromatic nitrogens is 5. The van der Waals surface area contributed by atoms with E-state index < -0.39 is 43.3 Å². The summed E-state index contributed by atoms with van der Waals surface area (Å²) in [6.07, 6.45) is -6.55. The zero-order chi connectivity index (χ0) is 24.1. The zero-order valence-electron chi connectivity index (χ0n) is 19.9. The topological polar surface area (TPSA) is 152 Å². The summed E-state index contributed by atoms with van der Waals surface area (Å²) in [6, 6.07) is -0.851. The van der Waals surface area contributed by atoms with Crippen LogP contribution in [0.25, 0.3) is 11.2 Å². The Kier molecular flexibility index (Phi) is 3.50. The molecule has 0 radical (unpaired) electrons. The van der Waals surface area contributed by atoms with Crippen LogP contribution < -0.4 is 5.73 Å². The summed E-state index contributed by atoms with van der Waals surface area (Å²) in [5, 5.41) is 37.0. The molecule has 0 saturated heterocycles. The van der Waals surface area contributed by atoms with Crippen LogP contribution in [0.3, 0.4) is 0 Å². The third kappa shape index (κ3) is 3.55. The van der Waals surface area contributed by atoms with Crippen LogP contribution in [0.15, 0.2) is 5.16 Å². The molecule has 10 nitrogen and oxygen atoms in total. The van der Waals surface area contributed by atoms with Gasteiger partial charge in [-0.1, -0.05) is 23.8 Å². The van der Waals surface area contributed by atoms with Gasteiger partial charge in [0, 0.05) is 21.7 Å². The molecule has 0 unspecified atom stereocenters. The van der Waals surface area contributed by atoms with E-state index >= 15 is 0 Å². The molecule has 0 bridgehead atoms. The number of aliphatic hydroxyl groups excluding tert-OH is 3. The lowest BCUT2D eigenvalue weighted by Crippen LogP contribution is -2.33. The molecule has 0 aromatic carbocycles. The average Bonchev–Trinajstić information content (AvgIpc) is 3.21. The smallest absolute Gasteiger partial charge is 0.191 e. The molecule has 1 aliphatic carbocycles. The SMILES string of the molecule is [2H]C([2H])([2H])C([2H])([2H])C([2H])([2H])Sc1nc(N)c2nnn([C@@H]3C[C@H](OCCO)[C@@H](O)[C@H]3O)c2n1. The minimum absolute atomic E-state index is 0.0233. The first kappa shape index (κ1) is 11.2. The van der Waals surface area contributed by atoms with E-state index in [9.17, 15) is 10.2 Å². The van der Waals surface area contributed by atoms with Gasteiger partial charge < -0.3 is 25.8 Å². The van der Waals surface area contributed by atoms with Crippen molar-refractivity contribution in [1.29, 1.82) is 0 Å². The second-order valence-electron chi connectivity index (χ2n) is 5.34. The standard InChI is InChI=1S/C14H22N6O4S/c1-2-5-25-14-16-12(15)9-13(17-14)20(19-18-9)7-6-8(24-4-3-21)11(23)10(7)22/h7-8,10-11,21-23H,2-6H2,1H3,(H2,15,16,17)/t7-,8+,10+,11-/m1/s1/i1D3,2D2,5D2. The van der Waals surface area contributed by atoms with Crippen molar-refractivity contribution < 1.29 is 29.7 Å². The molecule has 138 valence electrons. The highest BCUT2D eigenvalue weighted by Crippen LogP contribution is 2.34. The summed E-state index contributed by atoms with van der Waals surface area (Å²) in [7, 11) is 0. The molecule has 1 fully saturated rings. The van der Waals surface area contributed by atoms with Gasteiger partial charge in [0.05, 0.1) is 25.4 Å². The van der Waals surface area contributed by atoms with E-state index in [-0.39, 0.29) is 53.5 Å². The minimum Gasteiger partial charge on any atom is -0.394 e. The molecule has 3 rings (SSSR count). The van der Waals surface area contributed by atoms with Gasteiger partial charge in [0.15, 0.2) is 22.1 Å². The second-order valence-corrected chi connectivity index (χ2v) is 6.12. The third-order valence-electron chi connectivity index (χ3n) is 3.86. The van der Waals surface area contributed by atoms with E-state index in [0.717, 1.165) is 0 Å². The van der Waals surface area contributed by atoms with Crippen molar-refractivity contribution in [2.75, 3.05) is 24.7 Å².